The van der Waals surface area contributed by atoms with Gasteiger partial charge in [-0.15, -0.1) is 0 Å². The van der Waals surface area contributed by atoms with Crippen molar-refractivity contribution in [3.05, 3.63) is 68.6 Å². The van der Waals surface area contributed by atoms with Crippen molar-refractivity contribution in [1.82, 2.24) is 4.90 Å². The molecule has 4 rings (SSSR count). The van der Waals surface area contributed by atoms with Gasteiger partial charge in [-0.3, -0.25) is 29.4 Å². The monoisotopic (exact) mass is 504 g/mol. The fraction of sp³-hybridized carbons (Fsp3) is 0.227. The highest BCUT2D eigenvalue weighted by Gasteiger charge is 2.36. The molecule has 35 heavy (non-hydrogen) atoms. The van der Waals surface area contributed by atoms with Crippen LogP contribution in [0.25, 0.3) is 6.08 Å². The lowest BCUT2D eigenvalue weighted by Crippen LogP contribution is -2.36. The van der Waals surface area contributed by atoms with Gasteiger partial charge < -0.3 is 15.0 Å². The highest BCUT2D eigenvalue weighted by atomic mass is 32.2. The summed E-state index contributed by atoms with van der Waals surface area (Å²) in [5.74, 6) is -3.46. The molecular weight excluding hydrogens is 486 g/mol. The molecule has 3 amide bonds. The predicted molar refractivity (Wildman–Crippen MR) is 124 cm³/mol. The van der Waals surface area contributed by atoms with Crippen molar-refractivity contribution in [1.29, 1.82) is 0 Å². The molecule has 13 heteroatoms. The Morgan fingerprint density at radius 2 is 1.91 bits per heavy atom. The standard InChI is InChI=1S/C22H18F2N4O6S/c23-14-2-3-16(15(24)11-14)25-20(29)12-27-21(30)19(35-22(27)31)10-13-1-4-17(18(9-13)28(32)33)26-5-7-34-8-6-26/h1-4,9-11H,5-8,12H2,(H,25,29)/b19-10-. The van der Waals surface area contributed by atoms with E-state index < -0.39 is 40.2 Å². The first-order chi connectivity index (χ1) is 16.7. The van der Waals surface area contributed by atoms with E-state index in [1.54, 1.807) is 12.1 Å². The number of carbonyl (C=O) groups excluding carboxylic acids is 3. The molecule has 2 aromatic rings. The number of nitrogens with one attached hydrogen (secondary N) is 1. The van der Waals surface area contributed by atoms with Crippen LogP contribution in [-0.4, -0.2) is 59.7 Å². The van der Waals surface area contributed by atoms with Crippen molar-refractivity contribution >= 4 is 52.0 Å². The lowest BCUT2D eigenvalue weighted by molar-refractivity contribution is -0.384. The summed E-state index contributed by atoms with van der Waals surface area (Å²) < 4.78 is 32.0. The number of morpholine rings is 1. The molecule has 0 unspecified atom stereocenters. The van der Waals surface area contributed by atoms with Crippen molar-refractivity contribution in [2.24, 2.45) is 0 Å². The number of anilines is 2. The Hall–Kier alpha value is -3.84. The maximum Gasteiger partial charge on any atom is 0.294 e. The lowest BCUT2D eigenvalue weighted by Gasteiger charge is -2.28. The molecular formula is C22H18F2N4O6S. The van der Waals surface area contributed by atoms with Gasteiger partial charge in [0.2, 0.25) is 5.91 Å². The third-order valence-corrected chi connectivity index (χ3v) is 6.13. The zero-order valence-corrected chi connectivity index (χ0v) is 18.8. The first-order valence-electron chi connectivity index (χ1n) is 10.3. The summed E-state index contributed by atoms with van der Waals surface area (Å²) in [6.07, 6.45) is 1.33. The van der Waals surface area contributed by atoms with Crippen LogP contribution in [0.4, 0.5) is 30.6 Å². The Labute approximate surface area is 201 Å². The van der Waals surface area contributed by atoms with Gasteiger partial charge in [-0.1, -0.05) is 6.07 Å². The molecule has 2 fully saturated rings. The van der Waals surface area contributed by atoms with Crippen molar-refractivity contribution in [3.8, 4) is 0 Å². The van der Waals surface area contributed by atoms with Crippen LogP contribution < -0.4 is 10.2 Å². The summed E-state index contributed by atoms with van der Waals surface area (Å²) in [5, 5.41) is 13.1. The maximum atomic E-state index is 13.7. The maximum absolute atomic E-state index is 13.7. The summed E-state index contributed by atoms with van der Waals surface area (Å²) in [5.41, 5.74) is 0.303. The largest absolute Gasteiger partial charge is 0.378 e. The molecule has 2 aliphatic rings. The number of thioether (sulfide) groups is 1. The fourth-order valence-corrected chi connectivity index (χ4v) is 4.40. The van der Waals surface area contributed by atoms with Gasteiger partial charge in [0.1, 0.15) is 23.9 Å². The molecule has 10 nitrogen and oxygen atoms in total. The van der Waals surface area contributed by atoms with Crippen LogP contribution in [0.1, 0.15) is 5.56 Å². The molecule has 182 valence electrons. The van der Waals surface area contributed by atoms with E-state index in [0.29, 0.717) is 60.3 Å². The Morgan fingerprint density at radius 3 is 2.60 bits per heavy atom. The highest BCUT2D eigenvalue weighted by molar-refractivity contribution is 8.18. The van der Waals surface area contributed by atoms with E-state index in [9.17, 15) is 33.3 Å². The van der Waals surface area contributed by atoms with Crippen LogP contribution in [0.5, 0.6) is 0 Å². The van der Waals surface area contributed by atoms with Gasteiger partial charge in [0, 0.05) is 25.2 Å². The molecule has 0 saturated carbocycles. The second-order valence-electron chi connectivity index (χ2n) is 7.54. The lowest BCUT2D eigenvalue weighted by atomic mass is 10.1. The number of hydrogen-bond acceptors (Lipinski definition) is 8. The van der Waals surface area contributed by atoms with Gasteiger partial charge >= 0.3 is 0 Å². The molecule has 1 N–H and O–H groups in total. The normalized spacial score (nSPS) is 17.3. The van der Waals surface area contributed by atoms with Crippen molar-refractivity contribution in [2.75, 3.05) is 43.1 Å². The average Bonchev–Trinajstić information content (AvgIpc) is 3.08. The minimum Gasteiger partial charge on any atom is -0.378 e. The van der Waals surface area contributed by atoms with E-state index in [1.807, 2.05) is 4.90 Å². The van der Waals surface area contributed by atoms with Gasteiger partial charge in [0.05, 0.1) is 28.7 Å². The van der Waals surface area contributed by atoms with Crippen LogP contribution in [0, 0.1) is 21.7 Å². The molecule has 0 spiro atoms. The van der Waals surface area contributed by atoms with Gasteiger partial charge in [0.15, 0.2) is 0 Å². The number of nitrogens with zero attached hydrogens (tertiary/aromatic N) is 3. The first kappa shape index (κ1) is 24.3. The minimum absolute atomic E-state index is 0.0239. The topological polar surface area (TPSA) is 122 Å². The molecule has 0 aliphatic carbocycles. The van der Waals surface area contributed by atoms with Crippen molar-refractivity contribution in [2.45, 2.75) is 0 Å². The van der Waals surface area contributed by atoms with E-state index >= 15 is 0 Å². The third kappa shape index (κ3) is 5.46. The number of imide groups is 1. The number of nitro benzene ring substituents is 1. The van der Waals surface area contributed by atoms with E-state index in [-0.39, 0.29) is 16.3 Å². The first-order valence-corrected chi connectivity index (χ1v) is 11.2. The molecule has 0 bridgehead atoms. The summed E-state index contributed by atoms with van der Waals surface area (Å²) in [6.45, 7) is 1.22. The number of halogens is 2. The second kappa shape index (κ2) is 10.2. The van der Waals surface area contributed by atoms with Gasteiger partial charge in [-0.2, -0.15) is 0 Å². The summed E-state index contributed by atoms with van der Waals surface area (Å²) in [7, 11) is 0. The van der Waals surface area contributed by atoms with Gasteiger partial charge in [0.25, 0.3) is 16.8 Å². The van der Waals surface area contributed by atoms with Crippen LogP contribution in [-0.2, 0) is 14.3 Å². The number of ether oxygens (including phenoxy) is 1. The molecule has 2 aliphatic heterocycles. The summed E-state index contributed by atoms with van der Waals surface area (Å²) in [6, 6.07) is 7.03. The van der Waals surface area contributed by atoms with Crippen LogP contribution >= 0.6 is 11.8 Å². The molecule has 2 saturated heterocycles. The van der Waals surface area contributed by atoms with Crippen LogP contribution in [0.3, 0.4) is 0 Å². The van der Waals surface area contributed by atoms with Crippen LogP contribution in [0.15, 0.2) is 41.3 Å². The fourth-order valence-electron chi connectivity index (χ4n) is 3.56. The minimum atomic E-state index is -1.01. The van der Waals surface area contributed by atoms with E-state index in [1.165, 1.54) is 12.1 Å². The Morgan fingerprint density at radius 1 is 1.17 bits per heavy atom. The molecule has 2 aromatic carbocycles. The number of carbonyl (C=O) groups is 3. The molecule has 2 heterocycles. The zero-order valence-electron chi connectivity index (χ0n) is 18.0. The van der Waals surface area contributed by atoms with E-state index in [4.69, 9.17) is 4.74 Å². The molecule has 0 radical (unpaired) electrons. The van der Waals surface area contributed by atoms with Gasteiger partial charge in [-0.25, -0.2) is 8.78 Å². The smallest absolute Gasteiger partial charge is 0.294 e. The quantitative estimate of drug-likeness (QED) is 0.361. The van der Waals surface area contributed by atoms with Crippen molar-refractivity contribution in [3.63, 3.8) is 0 Å². The Bertz CT molecular complexity index is 1250. The van der Waals surface area contributed by atoms with Crippen molar-refractivity contribution < 1.29 is 32.8 Å². The number of hydrogen-bond donors (Lipinski definition) is 1. The zero-order chi connectivity index (χ0) is 25.1. The summed E-state index contributed by atoms with van der Waals surface area (Å²) >= 11 is 0.575. The number of nitro groups is 1. The van der Waals surface area contributed by atoms with E-state index in [0.717, 1.165) is 12.1 Å². The van der Waals surface area contributed by atoms with Gasteiger partial charge in [-0.05, 0) is 41.6 Å². The average molecular weight is 504 g/mol. The predicted octanol–water partition coefficient (Wildman–Crippen LogP) is 3.38. The number of rotatable bonds is 6. The Balaban J connectivity index is 1.49. The SMILES string of the molecule is O=C(CN1C(=O)S/C(=C\c2ccc(N3CCOCC3)c([N+](=O)[O-])c2)C1=O)Nc1ccc(F)cc1F. The second-order valence-corrected chi connectivity index (χ2v) is 8.54. The Kier molecular flexibility index (Phi) is 7.07. The third-order valence-electron chi connectivity index (χ3n) is 5.23. The van der Waals surface area contributed by atoms with Crippen LogP contribution in [0.2, 0.25) is 0 Å². The number of amides is 3. The number of benzene rings is 2. The summed E-state index contributed by atoms with van der Waals surface area (Å²) in [4.78, 5) is 50.9. The molecule has 0 atom stereocenters. The highest BCUT2D eigenvalue weighted by Crippen LogP contribution is 2.35. The molecule has 0 aromatic heterocycles. The van der Waals surface area contributed by atoms with E-state index in [2.05, 4.69) is 5.32 Å².